The van der Waals surface area contributed by atoms with Crippen LogP contribution in [0, 0.1) is 12.7 Å². The van der Waals surface area contributed by atoms with Crippen LogP contribution in [0.3, 0.4) is 0 Å². The number of anilines is 2. The second-order valence-corrected chi connectivity index (χ2v) is 6.20. The maximum Gasteiger partial charge on any atom is 0.255 e. The van der Waals surface area contributed by atoms with Crippen LogP contribution >= 0.6 is 11.6 Å². The molecule has 0 unspecified atom stereocenters. The molecule has 3 rings (SSSR count). The quantitative estimate of drug-likeness (QED) is 0.662. The molecule has 0 fully saturated rings. The van der Waals surface area contributed by atoms with Crippen molar-refractivity contribution in [2.24, 2.45) is 0 Å². The van der Waals surface area contributed by atoms with Crippen molar-refractivity contribution < 1.29 is 9.18 Å². The summed E-state index contributed by atoms with van der Waals surface area (Å²) in [7, 11) is 0. The van der Waals surface area contributed by atoms with E-state index in [9.17, 15) is 9.18 Å². The van der Waals surface area contributed by atoms with Crippen LogP contribution in [0.4, 0.5) is 15.9 Å². The maximum absolute atomic E-state index is 13.7. The highest BCUT2D eigenvalue weighted by Crippen LogP contribution is 2.21. The van der Waals surface area contributed by atoms with Gasteiger partial charge in [0.25, 0.3) is 5.91 Å². The molecule has 1 heterocycles. The summed E-state index contributed by atoms with van der Waals surface area (Å²) < 4.78 is 13.7. The lowest BCUT2D eigenvalue weighted by Crippen LogP contribution is -2.13. The lowest BCUT2D eigenvalue weighted by Gasteiger charge is -2.09. The third-order valence-corrected chi connectivity index (χ3v) is 4.28. The molecule has 132 valence electrons. The Morgan fingerprint density at radius 1 is 1.15 bits per heavy atom. The zero-order valence-corrected chi connectivity index (χ0v) is 14.8. The van der Waals surface area contributed by atoms with Gasteiger partial charge in [-0.2, -0.15) is 0 Å². The summed E-state index contributed by atoms with van der Waals surface area (Å²) in [5.74, 6) is -0.0748. The van der Waals surface area contributed by atoms with Gasteiger partial charge >= 0.3 is 0 Å². The number of rotatable bonds is 5. The zero-order chi connectivity index (χ0) is 18.5. The van der Waals surface area contributed by atoms with E-state index in [1.54, 1.807) is 42.5 Å². The first-order chi connectivity index (χ1) is 12.5. The minimum Gasteiger partial charge on any atom is -0.366 e. The number of aromatic nitrogens is 1. The molecular formula is C20H17ClFN3O. The summed E-state index contributed by atoms with van der Waals surface area (Å²) in [6, 6.07) is 15.1. The molecule has 0 aliphatic rings. The van der Waals surface area contributed by atoms with Crippen molar-refractivity contribution in [1.29, 1.82) is 0 Å². The molecule has 6 heteroatoms. The molecule has 2 aromatic carbocycles. The molecule has 0 saturated carbocycles. The standard InChI is InChI=1S/C20H17ClFN3O/c1-13-6-7-16(11-17(13)21)25-20(26)14-8-9-23-19(10-14)24-12-15-4-2-3-5-18(15)22/h2-11H,12H2,1H3,(H,23,24)(H,25,26). The maximum atomic E-state index is 13.7. The predicted molar refractivity (Wildman–Crippen MR) is 102 cm³/mol. The second kappa shape index (κ2) is 7.97. The highest BCUT2D eigenvalue weighted by atomic mass is 35.5. The van der Waals surface area contributed by atoms with Gasteiger partial charge in [0.15, 0.2) is 0 Å². The van der Waals surface area contributed by atoms with E-state index in [-0.39, 0.29) is 18.3 Å². The van der Waals surface area contributed by atoms with Crippen LogP contribution in [0.15, 0.2) is 60.8 Å². The van der Waals surface area contributed by atoms with Crippen LogP contribution < -0.4 is 10.6 Å². The summed E-state index contributed by atoms with van der Waals surface area (Å²) in [6.07, 6.45) is 1.53. The molecule has 26 heavy (non-hydrogen) atoms. The third kappa shape index (κ3) is 4.37. The molecule has 2 N–H and O–H groups in total. The number of carbonyl (C=O) groups excluding carboxylic acids is 1. The Morgan fingerprint density at radius 3 is 2.73 bits per heavy atom. The fourth-order valence-electron chi connectivity index (χ4n) is 2.37. The van der Waals surface area contributed by atoms with Gasteiger partial charge in [0.1, 0.15) is 11.6 Å². The van der Waals surface area contributed by atoms with Gasteiger partial charge in [-0.15, -0.1) is 0 Å². The fourth-order valence-corrected chi connectivity index (χ4v) is 2.55. The summed E-state index contributed by atoms with van der Waals surface area (Å²) in [5, 5.41) is 6.41. The first-order valence-corrected chi connectivity index (χ1v) is 8.41. The van der Waals surface area contributed by atoms with Crippen molar-refractivity contribution in [3.8, 4) is 0 Å². The van der Waals surface area contributed by atoms with Crippen LogP contribution in [0.25, 0.3) is 0 Å². The van der Waals surface area contributed by atoms with E-state index in [2.05, 4.69) is 15.6 Å². The first kappa shape index (κ1) is 17.9. The average Bonchev–Trinajstić information content (AvgIpc) is 2.64. The number of nitrogens with zero attached hydrogens (tertiary/aromatic N) is 1. The molecule has 0 spiro atoms. The summed E-state index contributed by atoms with van der Waals surface area (Å²) >= 11 is 6.08. The molecule has 0 saturated heterocycles. The highest BCUT2D eigenvalue weighted by molar-refractivity contribution is 6.31. The predicted octanol–water partition coefficient (Wildman–Crippen LogP) is 5.05. The molecule has 0 aliphatic carbocycles. The van der Waals surface area contributed by atoms with Gasteiger partial charge in [-0.25, -0.2) is 9.37 Å². The van der Waals surface area contributed by atoms with Gasteiger partial charge < -0.3 is 10.6 Å². The van der Waals surface area contributed by atoms with Crippen LogP contribution in [-0.4, -0.2) is 10.9 Å². The lowest BCUT2D eigenvalue weighted by atomic mass is 10.2. The Balaban J connectivity index is 1.69. The van der Waals surface area contributed by atoms with E-state index < -0.39 is 0 Å². The van der Waals surface area contributed by atoms with Crippen molar-refractivity contribution in [2.45, 2.75) is 13.5 Å². The van der Waals surface area contributed by atoms with Crippen LogP contribution in [0.5, 0.6) is 0 Å². The molecule has 0 bridgehead atoms. The monoisotopic (exact) mass is 369 g/mol. The van der Waals surface area contributed by atoms with E-state index in [0.717, 1.165) is 5.56 Å². The number of benzene rings is 2. The summed E-state index contributed by atoms with van der Waals surface area (Å²) in [4.78, 5) is 16.6. The molecule has 0 radical (unpaired) electrons. The van der Waals surface area contributed by atoms with Gasteiger partial charge in [0, 0.05) is 34.6 Å². The molecule has 0 aliphatic heterocycles. The summed E-state index contributed by atoms with van der Waals surface area (Å²) in [5.41, 5.74) is 2.52. The van der Waals surface area contributed by atoms with Gasteiger partial charge in [-0.3, -0.25) is 4.79 Å². The number of halogens is 2. The molecule has 1 amide bonds. The minimum absolute atomic E-state index is 0.276. The van der Waals surface area contributed by atoms with Crippen molar-refractivity contribution in [3.05, 3.63) is 88.3 Å². The molecule has 4 nitrogen and oxygen atoms in total. The molecular weight excluding hydrogens is 353 g/mol. The number of aryl methyl sites for hydroxylation is 1. The van der Waals surface area contributed by atoms with Crippen molar-refractivity contribution in [3.63, 3.8) is 0 Å². The van der Waals surface area contributed by atoms with Crippen LogP contribution in [-0.2, 0) is 6.54 Å². The molecule has 1 aromatic heterocycles. The van der Waals surface area contributed by atoms with Crippen LogP contribution in [0.1, 0.15) is 21.5 Å². The van der Waals surface area contributed by atoms with Gasteiger partial charge in [-0.1, -0.05) is 35.9 Å². The number of nitrogens with one attached hydrogen (secondary N) is 2. The van der Waals surface area contributed by atoms with Crippen LogP contribution in [0.2, 0.25) is 5.02 Å². The van der Waals surface area contributed by atoms with E-state index in [1.165, 1.54) is 12.3 Å². The Bertz CT molecular complexity index is 946. The fraction of sp³-hybridized carbons (Fsp3) is 0.100. The smallest absolute Gasteiger partial charge is 0.255 e. The van der Waals surface area contributed by atoms with E-state index in [1.807, 2.05) is 13.0 Å². The Kier molecular flexibility index (Phi) is 5.49. The number of carbonyl (C=O) groups is 1. The lowest BCUT2D eigenvalue weighted by molar-refractivity contribution is 0.102. The normalized spacial score (nSPS) is 10.4. The first-order valence-electron chi connectivity index (χ1n) is 8.04. The number of amides is 1. The Morgan fingerprint density at radius 2 is 1.96 bits per heavy atom. The zero-order valence-electron chi connectivity index (χ0n) is 14.1. The van der Waals surface area contributed by atoms with E-state index in [4.69, 9.17) is 11.6 Å². The number of pyridine rings is 1. The molecule has 0 atom stereocenters. The second-order valence-electron chi connectivity index (χ2n) is 5.79. The highest BCUT2D eigenvalue weighted by Gasteiger charge is 2.09. The van der Waals surface area contributed by atoms with E-state index >= 15 is 0 Å². The average molecular weight is 370 g/mol. The topological polar surface area (TPSA) is 54.0 Å². The Labute approximate surface area is 156 Å². The van der Waals surface area contributed by atoms with Crippen molar-refractivity contribution >= 4 is 29.0 Å². The summed E-state index contributed by atoms with van der Waals surface area (Å²) in [6.45, 7) is 2.17. The van der Waals surface area contributed by atoms with Gasteiger partial charge in [0.05, 0.1) is 0 Å². The van der Waals surface area contributed by atoms with Crippen molar-refractivity contribution in [1.82, 2.24) is 4.98 Å². The van der Waals surface area contributed by atoms with E-state index in [0.29, 0.717) is 27.7 Å². The minimum atomic E-state index is -0.287. The van der Waals surface area contributed by atoms with Gasteiger partial charge in [-0.05, 0) is 42.8 Å². The van der Waals surface area contributed by atoms with Crippen molar-refractivity contribution in [2.75, 3.05) is 10.6 Å². The van der Waals surface area contributed by atoms with Gasteiger partial charge in [0.2, 0.25) is 0 Å². The third-order valence-electron chi connectivity index (χ3n) is 3.87. The largest absolute Gasteiger partial charge is 0.366 e. The number of hydrogen-bond acceptors (Lipinski definition) is 3. The Hall–Kier alpha value is -2.92. The number of hydrogen-bond donors (Lipinski definition) is 2. The SMILES string of the molecule is Cc1ccc(NC(=O)c2ccnc(NCc3ccccc3F)c2)cc1Cl. The molecule has 3 aromatic rings.